The molecule has 0 heterocycles. The first kappa shape index (κ1) is 27.8. The van der Waals surface area contributed by atoms with Gasteiger partial charge in [0.25, 0.3) is 0 Å². The third-order valence-electron chi connectivity index (χ3n) is 0. The minimum absolute atomic E-state index is 0. The molecule has 0 radical (unpaired) electrons. The second-order valence-electron chi connectivity index (χ2n) is 0.408. The molecular weight excluding hydrogens is 155 g/mol. The molecule has 0 bridgehead atoms. The maximum absolute atomic E-state index is 3.36. The summed E-state index contributed by atoms with van der Waals surface area (Å²) in [5.74, 6) is 0. The van der Waals surface area contributed by atoms with E-state index in [0.717, 1.165) is 0 Å². The van der Waals surface area contributed by atoms with E-state index >= 15 is 0 Å². The number of rotatable bonds is 0. The molecule has 0 atom stereocenters. The second kappa shape index (κ2) is 37.0. The fourth-order valence-electron chi connectivity index (χ4n) is 0. The van der Waals surface area contributed by atoms with E-state index in [9.17, 15) is 0 Å². The molecule has 0 aliphatic heterocycles. The third-order valence-corrected chi connectivity index (χ3v) is 0. The van der Waals surface area contributed by atoms with Gasteiger partial charge in [-0.2, -0.15) is 0 Å². The van der Waals surface area contributed by atoms with Gasteiger partial charge < -0.3 is 24.8 Å². The van der Waals surface area contributed by atoms with E-state index in [2.05, 4.69) is 6.58 Å². The molecule has 0 N–H and O–H groups in total. The summed E-state index contributed by atoms with van der Waals surface area (Å²) in [5, 5.41) is 0. The molecule has 0 nitrogen and oxygen atoms in total. The quantitative estimate of drug-likeness (QED) is 0.247. The molecule has 0 aromatic carbocycles. The van der Waals surface area contributed by atoms with Crippen LogP contribution in [0.5, 0.6) is 0 Å². The zero-order valence-corrected chi connectivity index (χ0v) is 6.61. The van der Waals surface area contributed by atoms with Crippen molar-refractivity contribution in [3.63, 3.8) is 0 Å². The van der Waals surface area contributed by atoms with Crippen molar-refractivity contribution in [1.29, 1.82) is 0 Å². The molecule has 36 valence electrons. The SMILES string of the molecule is C=CC.[Cl-].[Cl-].[Ti+2]. The standard InChI is InChI=1S/C3H6.2ClH.Ti/c1-3-2;;;/h3H,1H2,2H3;2*1H;/q;;;+2/p-2. The molecule has 0 fully saturated rings. The summed E-state index contributed by atoms with van der Waals surface area (Å²) in [4.78, 5) is 0. The number of allylic oxidation sites excluding steroid dienone is 1. The molecule has 0 spiro atoms. The maximum atomic E-state index is 3.36. The predicted molar refractivity (Wildman–Crippen MR) is 15.9 cm³/mol. The van der Waals surface area contributed by atoms with E-state index in [4.69, 9.17) is 0 Å². The molecule has 0 unspecified atom stereocenters. The number of halogens is 2. The third kappa shape index (κ3) is 76.6. The summed E-state index contributed by atoms with van der Waals surface area (Å²) in [6.45, 7) is 5.25. The molecule has 0 aromatic heterocycles. The first-order chi connectivity index (χ1) is 1.41. The van der Waals surface area contributed by atoms with Gasteiger partial charge in [-0.1, -0.05) is 6.08 Å². The number of hydrogen-bond donors (Lipinski definition) is 0. The van der Waals surface area contributed by atoms with Gasteiger partial charge in [-0.05, 0) is 6.92 Å². The molecule has 0 amide bonds. The van der Waals surface area contributed by atoms with Crippen LogP contribution in [0.2, 0.25) is 0 Å². The van der Waals surface area contributed by atoms with Crippen LogP contribution in [0.15, 0.2) is 12.7 Å². The van der Waals surface area contributed by atoms with Crippen LogP contribution in [-0.4, -0.2) is 0 Å². The molecule has 0 aliphatic carbocycles. The van der Waals surface area contributed by atoms with Gasteiger partial charge in [0.2, 0.25) is 0 Å². The van der Waals surface area contributed by atoms with Crippen molar-refractivity contribution in [2.75, 3.05) is 0 Å². The van der Waals surface area contributed by atoms with Crippen LogP contribution in [0.3, 0.4) is 0 Å². The van der Waals surface area contributed by atoms with Gasteiger partial charge >= 0.3 is 21.7 Å². The van der Waals surface area contributed by atoms with Gasteiger partial charge in [0.1, 0.15) is 0 Å². The fourth-order valence-corrected chi connectivity index (χ4v) is 0. The maximum Gasteiger partial charge on any atom is 2.00 e. The minimum Gasteiger partial charge on any atom is -1.00 e. The Hall–Kier alpha value is 1.03. The smallest absolute Gasteiger partial charge is 1.00 e. The Bertz CT molecular complexity index is 16.3. The topological polar surface area (TPSA) is 0 Å². The first-order valence-corrected chi connectivity index (χ1v) is 0.986. The largest absolute Gasteiger partial charge is 2.00 e. The van der Waals surface area contributed by atoms with Crippen LogP contribution in [0.25, 0.3) is 0 Å². The Morgan fingerprint density at radius 2 is 1.33 bits per heavy atom. The van der Waals surface area contributed by atoms with Crippen LogP contribution in [0.4, 0.5) is 0 Å². The molecule has 0 saturated carbocycles. The molecular formula is C3H6Cl2Ti. The van der Waals surface area contributed by atoms with Crippen LogP contribution < -0.4 is 24.8 Å². The van der Waals surface area contributed by atoms with Gasteiger partial charge in [-0.15, -0.1) is 6.58 Å². The monoisotopic (exact) mass is 160 g/mol. The second-order valence-corrected chi connectivity index (χ2v) is 0.408. The van der Waals surface area contributed by atoms with Gasteiger partial charge in [0, 0.05) is 0 Å². The molecule has 6 heavy (non-hydrogen) atoms. The molecule has 0 aromatic rings. The van der Waals surface area contributed by atoms with E-state index < -0.39 is 0 Å². The summed E-state index contributed by atoms with van der Waals surface area (Å²) in [5.41, 5.74) is 0. The summed E-state index contributed by atoms with van der Waals surface area (Å²) < 4.78 is 0. The van der Waals surface area contributed by atoms with Crippen molar-refractivity contribution < 1.29 is 46.5 Å². The summed E-state index contributed by atoms with van der Waals surface area (Å²) in [6, 6.07) is 0. The molecule has 0 aliphatic rings. The van der Waals surface area contributed by atoms with E-state index in [-0.39, 0.29) is 46.5 Å². The van der Waals surface area contributed by atoms with Gasteiger partial charge in [0.15, 0.2) is 0 Å². The van der Waals surface area contributed by atoms with Gasteiger partial charge in [-0.3, -0.25) is 0 Å². The Morgan fingerprint density at radius 1 is 1.33 bits per heavy atom. The van der Waals surface area contributed by atoms with Crippen molar-refractivity contribution in [3.8, 4) is 0 Å². The molecule has 0 rings (SSSR count). The average Bonchev–Trinajstić information content (AvgIpc) is 0.918. The van der Waals surface area contributed by atoms with Crippen molar-refractivity contribution in [3.05, 3.63) is 12.7 Å². The fraction of sp³-hybridized carbons (Fsp3) is 0.333. The van der Waals surface area contributed by atoms with Crippen LogP contribution in [0.1, 0.15) is 6.92 Å². The zero-order valence-electron chi connectivity index (χ0n) is 3.54. The van der Waals surface area contributed by atoms with Crippen molar-refractivity contribution in [2.24, 2.45) is 0 Å². The zero-order chi connectivity index (χ0) is 2.71. The van der Waals surface area contributed by atoms with Crippen molar-refractivity contribution in [2.45, 2.75) is 6.92 Å². The van der Waals surface area contributed by atoms with E-state index in [1.165, 1.54) is 0 Å². The van der Waals surface area contributed by atoms with Crippen LogP contribution in [-0.2, 0) is 21.7 Å². The van der Waals surface area contributed by atoms with Crippen molar-refractivity contribution >= 4 is 0 Å². The van der Waals surface area contributed by atoms with Crippen molar-refractivity contribution in [1.82, 2.24) is 0 Å². The Balaban J connectivity index is -0.00000000667. The minimum atomic E-state index is 0. The van der Waals surface area contributed by atoms with E-state index in [1.54, 1.807) is 6.08 Å². The summed E-state index contributed by atoms with van der Waals surface area (Å²) in [6.07, 6.45) is 1.75. The average molecular weight is 161 g/mol. The predicted octanol–water partition coefficient (Wildman–Crippen LogP) is -4.80. The Labute approximate surface area is 66.1 Å². The molecule has 0 saturated heterocycles. The first-order valence-electron chi connectivity index (χ1n) is 0.986. The summed E-state index contributed by atoms with van der Waals surface area (Å²) in [7, 11) is 0. The Kier molecular flexibility index (Phi) is 171. The Morgan fingerprint density at radius 3 is 1.33 bits per heavy atom. The van der Waals surface area contributed by atoms with Crippen LogP contribution >= 0.6 is 0 Å². The summed E-state index contributed by atoms with van der Waals surface area (Å²) >= 11 is 0. The molecule has 3 heteroatoms. The normalized spacial score (nSPS) is 2.17. The number of hydrogen-bond acceptors (Lipinski definition) is 0. The van der Waals surface area contributed by atoms with E-state index in [1.807, 2.05) is 6.92 Å². The van der Waals surface area contributed by atoms with E-state index in [0.29, 0.717) is 0 Å². The van der Waals surface area contributed by atoms with Gasteiger partial charge in [0.05, 0.1) is 0 Å². The van der Waals surface area contributed by atoms with Gasteiger partial charge in [-0.25, -0.2) is 0 Å². The van der Waals surface area contributed by atoms with Crippen LogP contribution in [0, 0.1) is 0 Å².